The van der Waals surface area contributed by atoms with Gasteiger partial charge in [0.15, 0.2) is 4.91 Å². The molecule has 0 N–H and O–H groups in total. The van der Waals surface area contributed by atoms with Crippen molar-refractivity contribution in [1.29, 1.82) is 0 Å². The minimum Gasteiger partial charge on any atom is -0.462 e. The number of hydrogen-bond donors (Lipinski definition) is 0. The second kappa shape index (κ2) is 15.8. The number of rotatable bonds is 15. The van der Waals surface area contributed by atoms with Gasteiger partial charge in [-0.2, -0.15) is 0 Å². The summed E-state index contributed by atoms with van der Waals surface area (Å²) in [5.74, 6) is -0.162. The van der Waals surface area contributed by atoms with Crippen LogP contribution in [0.4, 0.5) is 0 Å². The maximum atomic E-state index is 12.6. The summed E-state index contributed by atoms with van der Waals surface area (Å²) in [5, 5.41) is 0. The Labute approximate surface area is 178 Å². The number of carbonyl (C=O) groups excluding carboxylic acids is 1. The molecule has 6 heteroatoms. The molecule has 0 aromatic heterocycles. The Balaban J connectivity index is 2.70. The van der Waals surface area contributed by atoms with Gasteiger partial charge in [0.05, 0.1) is 6.61 Å². The van der Waals surface area contributed by atoms with E-state index in [2.05, 4.69) is 11.8 Å². The van der Waals surface area contributed by atoms with Crippen LogP contribution in [-0.2, 0) is 20.6 Å². The summed E-state index contributed by atoms with van der Waals surface area (Å²) in [5.41, 5.74) is 0. The number of carbonyl (C=O) groups is 1. The molecule has 1 atom stereocenters. The Morgan fingerprint density at radius 2 is 1.66 bits per heavy atom. The van der Waals surface area contributed by atoms with Crippen LogP contribution in [0.5, 0.6) is 5.75 Å². The number of benzene rings is 1. The normalized spacial score (nSPS) is 12.7. The summed E-state index contributed by atoms with van der Waals surface area (Å²) >= 11 is -1.95. The zero-order valence-electron chi connectivity index (χ0n) is 18.0. The number of hydrogen-bond acceptors (Lipinski definition) is 5. The van der Waals surface area contributed by atoms with Crippen LogP contribution >= 0.6 is 0 Å². The van der Waals surface area contributed by atoms with Crippen LogP contribution in [0, 0.1) is 0 Å². The number of nitrogens with zero attached hydrogens (tertiary/aromatic N) is 1. The first kappa shape index (κ1) is 25.0. The largest absolute Gasteiger partial charge is 0.462 e. The number of allylic oxidation sites excluding steroid dienone is 2. The molecule has 162 valence electrons. The molecular weight excluding hydrogens is 386 g/mol. The van der Waals surface area contributed by atoms with Crippen LogP contribution in [0.2, 0.25) is 0 Å². The molecule has 5 nitrogen and oxygen atoms in total. The molecule has 0 bridgehead atoms. The highest BCUT2D eigenvalue weighted by Crippen LogP contribution is 2.15. The lowest BCUT2D eigenvalue weighted by Crippen LogP contribution is -2.17. The third kappa shape index (κ3) is 10.9. The fraction of sp³-hybridized carbons (Fsp3) is 0.522. The van der Waals surface area contributed by atoms with Crippen molar-refractivity contribution in [3.63, 3.8) is 0 Å². The van der Waals surface area contributed by atoms with Crippen LogP contribution in [0.3, 0.4) is 0 Å². The van der Waals surface area contributed by atoms with Gasteiger partial charge in [0.2, 0.25) is 11.1 Å². The van der Waals surface area contributed by atoms with Crippen molar-refractivity contribution < 1.29 is 17.9 Å². The van der Waals surface area contributed by atoms with E-state index in [9.17, 15) is 9.00 Å². The lowest BCUT2D eigenvalue weighted by molar-refractivity contribution is -0.138. The average Bonchev–Trinajstić information content (AvgIpc) is 2.73. The van der Waals surface area contributed by atoms with Crippen molar-refractivity contribution in [3.05, 3.63) is 53.6 Å². The topological polar surface area (TPSA) is 55.8 Å². The van der Waals surface area contributed by atoms with Gasteiger partial charge in [-0.3, -0.25) is 0 Å². The maximum Gasteiger partial charge on any atom is 0.350 e. The molecule has 1 aromatic rings. The first-order valence-electron chi connectivity index (χ1n) is 10.6. The van der Waals surface area contributed by atoms with E-state index < -0.39 is 17.0 Å². The number of esters is 1. The third-order valence-electron chi connectivity index (χ3n) is 4.38. The lowest BCUT2D eigenvalue weighted by atomic mass is 10.1. The summed E-state index contributed by atoms with van der Waals surface area (Å²) in [7, 11) is 0. The second-order valence-electron chi connectivity index (χ2n) is 6.63. The summed E-state index contributed by atoms with van der Waals surface area (Å²) in [4.78, 5) is 14.6. The van der Waals surface area contributed by atoms with Crippen molar-refractivity contribution in [3.8, 4) is 5.75 Å². The number of unbranched alkanes of at least 4 members (excludes halogenated alkanes) is 5. The molecule has 0 saturated heterocycles. The predicted molar refractivity (Wildman–Crippen MR) is 120 cm³/mol. The Hall–Kier alpha value is -2.08. The van der Waals surface area contributed by atoms with E-state index in [4.69, 9.17) is 8.92 Å². The molecule has 0 heterocycles. The molecule has 0 aliphatic carbocycles. The zero-order valence-corrected chi connectivity index (χ0v) is 18.8. The van der Waals surface area contributed by atoms with Crippen LogP contribution in [0.15, 0.2) is 53.6 Å². The van der Waals surface area contributed by atoms with Crippen molar-refractivity contribution >= 4 is 17.0 Å². The van der Waals surface area contributed by atoms with Crippen LogP contribution in [0.25, 0.3) is 0 Å². The monoisotopic (exact) mass is 421 g/mol. The molecular formula is C23H35NO4S. The number of ether oxygens (including phenoxy) is 1. The SMILES string of the molecule is CCCCCCCCOC(=O)C(=CC=CN(CC)CC)S(=O)Oc1ccccc1. The van der Waals surface area contributed by atoms with Crippen molar-refractivity contribution in [2.75, 3.05) is 19.7 Å². The Kier molecular flexibility index (Phi) is 13.6. The van der Waals surface area contributed by atoms with Gasteiger partial charge in [-0.15, -0.1) is 0 Å². The van der Waals surface area contributed by atoms with E-state index in [0.717, 1.165) is 32.4 Å². The summed E-state index contributed by atoms with van der Waals surface area (Å²) in [6.07, 6.45) is 11.7. The molecule has 0 radical (unpaired) electrons. The highest BCUT2D eigenvalue weighted by molar-refractivity contribution is 7.85. The highest BCUT2D eigenvalue weighted by Gasteiger charge is 2.20. The summed E-state index contributed by atoms with van der Waals surface area (Å²) in [6.45, 7) is 8.30. The Morgan fingerprint density at radius 1 is 1.00 bits per heavy atom. The molecule has 1 rings (SSSR count). The minimum atomic E-state index is -1.95. The summed E-state index contributed by atoms with van der Waals surface area (Å²) in [6, 6.07) is 8.81. The lowest BCUT2D eigenvalue weighted by Gasteiger charge is -2.14. The number of para-hydroxylation sites is 1. The molecule has 1 aromatic carbocycles. The Morgan fingerprint density at radius 3 is 2.31 bits per heavy atom. The fourth-order valence-electron chi connectivity index (χ4n) is 2.60. The van der Waals surface area contributed by atoms with Gasteiger partial charge in [0.25, 0.3) is 0 Å². The molecule has 0 saturated carbocycles. The molecule has 29 heavy (non-hydrogen) atoms. The van der Waals surface area contributed by atoms with Crippen molar-refractivity contribution in [2.24, 2.45) is 0 Å². The summed E-state index contributed by atoms with van der Waals surface area (Å²) < 4.78 is 23.4. The fourth-order valence-corrected chi connectivity index (χ4v) is 3.37. The molecule has 0 aliphatic heterocycles. The van der Waals surface area contributed by atoms with E-state index in [1.807, 2.05) is 26.1 Å². The molecule has 0 spiro atoms. The van der Waals surface area contributed by atoms with Crippen LogP contribution in [0.1, 0.15) is 59.3 Å². The van der Waals surface area contributed by atoms with E-state index in [1.165, 1.54) is 25.3 Å². The molecule has 0 amide bonds. The van der Waals surface area contributed by atoms with Gasteiger partial charge in [-0.25, -0.2) is 9.00 Å². The first-order valence-corrected chi connectivity index (χ1v) is 11.6. The van der Waals surface area contributed by atoms with E-state index >= 15 is 0 Å². The highest BCUT2D eigenvalue weighted by atomic mass is 32.2. The standard InChI is InChI=1S/C23H35NO4S/c1-4-7-8-9-10-14-20-27-23(25)22(18-15-19-24(5-2)6-3)29(26)28-21-16-12-11-13-17-21/h11-13,15-19H,4-10,14,20H2,1-3H3. The molecule has 0 aliphatic rings. The molecule has 1 unspecified atom stereocenters. The molecule has 0 fully saturated rings. The van der Waals surface area contributed by atoms with Gasteiger partial charge in [0, 0.05) is 13.1 Å². The van der Waals surface area contributed by atoms with E-state index in [0.29, 0.717) is 12.4 Å². The van der Waals surface area contributed by atoms with Gasteiger partial charge in [-0.05, 0) is 50.8 Å². The minimum absolute atomic E-state index is 0.00300. The van der Waals surface area contributed by atoms with Gasteiger partial charge < -0.3 is 13.8 Å². The van der Waals surface area contributed by atoms with Gasteiger partial charge in [-0.1, -0.05) is 57.2 Å². The van der Waals surface area contributed by atoms with Crippen molar-refractivity contribution in [2.45, 2.75) is 59.3 Å². The third-order valence-corrected chi connectivity index (χ3v) is 5.39. The Bertz CT molecular complexity index is 654. The van der Waals surface area contributed by atoms with E-state index in [1.54, 1.807) is 30.3 Å². The average molecular weight is 422 g/mol. The van der Waals surface area contributed by atoms with Crippen LogP contribution < -0.4 is 4.18 Å². The van der Waals surface area contributed by atoms with Crippen molar-refractivity contribution in [1.82, 2.24) is 4.90 Å². The zero-order chi connectivity index (χ0) is 21.3. The van der Waals surface area contributed by atoms with E-state index in [-0.39, 0.29) is 4.91 Å². The quantitative estimate of drug-likeness (QED) is 0.165. The smallest absolute Gasteiger partial charge is 0.350 e. The van der Waals surface area contributed by atoms with Gasteiger partial charge in [0.1, 0.15) is 5.75 Å². The second-order valence-corrected chi connectivity index (χ2v) is 7.70. The van der Waals surface area contributed by atoms with Gasteiger partial charge >= 0.3 is 5.97 Å². The predicted octanol–water partition coefficient (Wildman–Crippen LogP) is 5.37. The first-order chi connectivity index (χ1) is 14.1. The maximum absolute atomic E-state index is 12.6. The van der Waals surface area contributed by atoms with Crippen LogP contribution in [-0.4, -0.2) is 34.8 Å².